The molecule has 0 spiro atoms. The summed E-state index contributed by atoms with van der Waals surface area (Å²) >= 11 is 0. The summed E-state index contributed by atoms with van der Waals surface area (Å²) in [5.41, 5.74) is 2.43. The zero-order chi connectivity index (χ0) is 44.8. The van der Waals surface area contributed by atoms with Crippen molar-refractivity contribution in [3.05, 3.63) is 144 Å². The van der Waals surface area contributed by atoms with Crippen molar-refractivity contribution in [2.75, 3.05) is 0 Å². The van der Waals surface area contributed by atoms with E-state index in [0.717, 1.165) is 35.1 Å². The Hall–Kier alpha value is -2.55. The average molecular weight is 887 g/mol. The summed E-state index contributed by atoms with van der Waals surface area (Å²) in [5, 5.41) is 0.145. The van der Waals surface area contributed by atoms with Gasteiger partial charge in [0.05, 0.1) is 42.5 Å². The van der Waals surface area contributed by atoms with Gasteiger partial charge >= 0.3 is 0 Å². The van der Waals surface area contributed by atoms with Crippen molar-refractivity contribution in [3.63, 3.8) is 0 Å². The zero-order valence-corrected chi connectivity index (χ0v) is 43.0. The molecule has 2 N–H and O–H groups in total. The van der Waals surface area contributed by atoms with Crippen LogP contribution in [0.2, 0.25) is 36.3 Å². The maximum absolute atomic E-state index is 13.3. The average Bonchev–Trinajstić information content (AvgIpc) is 4.02. The maximum Gasteiger partial charge on any atom is 0.193 e. The fraction of sp³-hybridized carbons (Fsp3) is 0.520. The molecule has 6 rings (SSSR count). The Balaban J connectivity index is 0.000000228. The molecular formula is C50H74N2O4S2Si2. The highest BCUT2D eigenvalue weighted by Gasteiger charge is 2.74. The van der Waals surface area contributed by atoms with Crippen LogP contribution in [0.15, 0.2) is 121 Å². The lowest BCUT2D eigenvalue weighted by Gasteiger charge is -2.42. The lowest BCUT2D eigenvalue weighted by atomic mass is 9.97. The van der Waals surface area contributed by atoms with Gasteiger partial charge in [-0.1, -0.05) is 163 Å². The zero-order valence-electron chi connectivity index (χ0n) is 39.4. The molecule has 2 saturated carbocycles. The second-order valence-corrected chi connectivity index (χ2v) is 35.4. The summed E-state index contributed by atoms with van der Waals surface area (Å²) in [6.07, 6.45) is 1.53. The van der Waals surface area contributed by atoms with Crippen LogP contribution in [-0.4, -0.2) is 34.5 Å². The number of benzene rings is 4. The predicted molar refractivity (Wildman–Crippen MR) is 260 cm³/mol. The van der Waals surface area contributed by atoms with Gasteiger partial charge in [0.15, 0.2) is 16.6 Å². The highest BCUT2D eigenvalue weighted by atomic mass is 32.2. The standard InChI is InChI=1S/2C25H37NO2SSi/c2*1-22(2,3)29(27)26-24(20-15-11-9-12-16-20)19-25(24,21-17-13-10-14-18-21)28-30(7,8)23(4,5)6/h2*9-18,26H,19H2,1-8H3/t2*24-,25+,29-/m11/s1. The Morgan fingerprint density at radius 1 is 0.433 bits per heavy atom. The van der Waals surface area contributed by atoms with E-state index in [0.29, 0.717) is 0 Å². The molecule has 0 radical (unpaired) electrons. The van der Waals surface area contributed by atoms with Gasteiger partial charge in [0.25, 0.3) is 0 Å². The van der Waals surface area contributed by atoms with E-state index in [4.69, 9.17) is 8.85 Å². The maximum atomic E-state index is 13.3. The van der Waals surface area contributed by atoms with Gasteiger partial charge in [-0.3, -0.25) is 0 Å². The Morgan fingerprint density at radius 2 is 0.667 bits per heavy atom. The number of hydrogen-bond acceptors (Lipinski definition) is 4. The van der Waals surface area contributed by atoms with Gasteiger partial charge in [-0.05, 0) is 100 Å². The third-order valence-electron chi connectivity index (χ3n) is 13.3. The van der Waals surface area contributed by atoms with Crippen LogP contribution in [0.25, 0.3) is 0 Å². The molecule has 0 unspecified atom stereocenters. The minimum absolute atomic E-state index is 0.0724. The van der Waals surface area contributed by atoms with E-state index in [9.17, 15) is 8.42 Å². The van der Waals surface area contributed by atoms with Crippen molar-refractivity contribution in [2.45, 2.75) is 164 Å². The highest BCUT2D eigenvalue weighted by molar-refractivity contribution is 7.84. The summed E-state index contributed by atoms with van der Waals surface area (Å²) in [6, 6.07) is 41.8. The minimum Gasteiger partial charge on any atom is -0.405 e. The summed E-state index contributed by atoms with van der Waals surface area (Å²) < 4.78 is 47.5. The van der Waals surface area contributed by atoms with Gasteiger partial charge in [-0.2, -0.15) is 0 Å². The third kappa shape index (κ3) is 9.52. The molecule has 2 aliphatic rings. The Kier molecular flexibility index (Phi) is 13.6. The van der Waals surface area contributed by atoms with Gasteiger partial charge in [0, 0.05) is 12.8 Å². The van der Waals surface area contributed by atoms with E-state index in [-0.39, 0.29) is 19.6 Å². The normalized spacial score (nSPS) is 25.7. The van der Waals surface area contributed by atoms with Crippen molar-refractivity contribution < 1.29 is 17.3 Å². The van der Waals surface area contributed by atoms with Crippen LogP contribution in [0.3, 0.4) is 0 Å². The first-order chi connectivity index (χ1) is 27.5. The topological polar surface area (TPSA) is 76.7 Å². The molecule has 2 fully saturated rings. The molecule has 60 heavy (non-hydrogen) atoms. The molecule has 0 aliphatic heterocycles. The van der Waals surface area contributed by atoms with Crippen LogP contribution in [0, 0.1) is 0 Å². The Labute approximate surface area is 370 Å². The quantitative estimate of drug-likeness (QED) is 0.139. The van der Waals surface area contributed by atoms with Crippen molar-refractivity contribution >= 4 is 38.6 Å². The molecular weight excluding hydrogens is 813 g/mol. The fourth-order valence-electron chi connectivity index (χ4n) is 7.41. The summed E-state index contributed by atoms with van der Waals surface area (Å²) in [7, 11) is -6.69. The van der Waals surface area contributed by atoms with Crippen molar-refractivity contribution in [2.24, 2.45) is 0 Å². The summed E-state index contributed by atoms with van der Waals surface area (Å²) in [5.74, 6) is 0. The van der Waals surface area contributed by atoms with Gasteiger partial charge in [-0.15, -0.1) is 0 Å². The van der Waals surface area contributed by atoms with E-state index in [1.54, 1.807) is 0 Å². The molecule has 4 aromatic carbocycles. The monoisotopic (exact) mass is 886 g/mol. The molecule has 0 bridgehead atoms. The molecule has 10 heteroatoms. The van der Waals surface area contributed by atoms with Crippen LogP contribution in [0.1, 0.15) is 118 Å². The molecule has 0 saturated heterocycles. The molecule has 0 aromatic heterocycles. The van der Waals surface area contributed by atoms with E-state index in [2.05, 4.69) is 174 Å². The van der Waals surface area contributed by atoms with E-state index in [1.165, 1.54) is 0 Å². The lowest BCUT2D eigenvalue weighted by molar-refractivity contribution is 0.126. The van der Waals surface area contributed by atoms with E-state index < -0.39 is 60.9 Å². The van der Waals surface area contributed by atoms with Crippen molar-refractivity contribution in [1.82, 2.24) is 9.44 Å². The van der Waals surface area contributed by atoms with E-state index in [1.807, 2.05) is 65.8 Å². The largest absolute Gasteiger partial charge is 0.405 e. The number of rotatable bonds is 12. The Bertz CT molecular complexity index is 1960. The van der Waals surface area contributed by atoms with Gasteiger partial charge in [0.2, 0.25) is 0 Å². The second kappa shape index (κ2) is 16.9. The van der Waals surface area contributed by atoms with Crippen LogP contribution in [-0.2, 0) is 53.1 Å². The summed E-state index contributed by atoms with van der Waals surface area (Å²) in [4.78, 5) is 0. The molecule has 2 aliphatic carbocycles. The van der Waals surface area contributed by atoms with E-state index >= 15 is 0 Å². The van der Waals surface area contributed by atoms with Gasteiger partial charge in [0.1, 0.15) is 11.2 Å². The van der Waals surface area contributed by atoms with Crippen LogP contribution < -0.4 is 9.44 Å². The first-order valence-electron chi connectivity index (χ1n) is 21.5. The minimum atomic E-state index is -2.12. The molecule has 6 atom stereocenters. The molecule has 0 amide bonds. The molecule has 4 aromatic rings. The Morgan fingerprint density at radius 3 is 0.883 bits per heavy atom. The lowest BCUT2D eigenvalue weighted by Crippen LogP contribution is -2.50. The van der Waals surface area contributed by atoms with Crippen LogP contribution in [0.4, 0.5) is 0 Å². The van der Waals surface area contributed by atoms with Crippen LogP contribution in [0.5, 0.6) is 0 Å². The number of nitrogens with one attached hydrogen (secondary N) is 2. The first-order valence-corrected chi connectivity index (χ1v) is 29.6. The van der Waals surface area contributed by atoms with Crippen molar-refractivity contribution in [1.29, 1.82) is 0 Å². The summed E-state index contributed by atoms with van der Waals surface area (Å²) in [6.45, 7) is 34.9. The molecule has 6 nitrogen and oxygen atoms in total. The first kappa shape index (κ1) is 48.5. The van der Waals surface area contributed by atoms with Crippen LogP contribution >= 0.6 is 0 Å². The highest BCUT2D eigenvalue weighted by Crippen LogP contribution is 2.68. The fourth-order valence-corrected chi connectivity index (χ4v) is 12.4. The molecule has 328 valence electrons. The van der Waals surface area contributed by atoms with Gasteiger partial charge in [-0.25, -0.2) is 17.9 Å². The van der Waals surface area contributed by atoms with Crippen molar-refractivity contribution in [3.8, 4) is 0 Å². The van der Waals surface area contributed by atoms with Gasteiger partial charge < -0.3 is 8.85 Å². The number of hydrogen-bond donors (Lipinski definition) is 2. The third-order valence-corrected chi connectivity index (χ3v) is 25.5. The molecule has 0 heterocycles. The smallest absolute Gasteiger partial charge is 0.193 e. The SMILES string of the molecule is CC(C)(C)[S@@](=O)N[C@@]1(c2ccccc2)C[C@]1(O[Si](C)(C)C(C)(C)C)c1ccccc1.CC(C)(C)[S@@](=O)N[C@@]1(c2ccccc2)C[C@]1(O[Si](C)(C)C(C)(C)C)c1ccccc1. The second-order valence-electron chi connectivity index (χ2n) is 22.0. The predicted octanol–water partition coefficient (Wildman–Crippen LogP) is 12.5.